The van der Waals surface area contributed by atoms with Gasteiger partial charge in [0.2, 0.25) is 0 Å². The van der Waals surface area contributed by atoms with Crippen molar-refractivity contribution in [3.63, 3.8) is 0 Å². The quantitative estimate of drug-likeness (QED) is 0.849. The molecule has 2 heterocycles. The normalized spacial score (nSPS) is 14.0. The lowest BCUT2D eigenvalue weighted by atomic mass is 9.94. The third kappa shape index (κ3) is 2.56. The van der Waals surface area contributed by atoms with Gasteiger partial charge < -0.3 is 10.7 Å². The Labute approximate surface area is 134 Å². The number of fused-ring (bicyclic) bond motifs is 3. The van der Waals surface area contributed by atoms with Crippen molar-refractivity contribution in [2.24, 2.45) is 0 Å². The number of benzene rings is 1. The predicted molar refractivity (Wildman–Crippen MR) is 89.6 cm³/mol. The minimum absolute atomic E-state index is 0.100. The van der Waals surface area contributed by atoms with Gasteiger partial charge in [-0.1, -0.05) is 24.3 Å². The highest BCUT2D eigenvalue weighted by Crippen LogP contribution is 2.32. The number of hydrogen-bond donors (Lipinski definition) is 2. The number of ketones is 1. The van der Waals surface area contributed by atoms with E-state index in [1.165, 1.54) is 6.21 Å². The molecule has 0 saturated carbocycles. The molecule has 0 bridgehead atoms. The first kappa shape index (κ1) is 15.1. The molecule has 0 spiro atoms. The van der Waals surface area contributed by atoms with Crippen molar-refractivity contribution in [1.29, 1.82) is 5.41 Å². The summed E-state index contributed by atoms with van der Waals surface area (Å²) in [5.41, 5.74) is 4.99. The molecule has 0 amide bonds. The van der Waals surface area contributed by atoms with Crippen LogP contribution in [0.25, 0.3) is 16.8 Å². The number of nitrogens with zero attached hydrogens (tertiary/aromatic N) is 3. The second-order valence-electron chi connectivity index (χ2n) is 5.43. The Bertz CT molecular complexity index is 803. The van der Waals surface area contributed by atoms with E-state index < -0.39 is 0 Å². The van der Waals surface area contributed by atoms with Crippen LogP contribution in [0, 0.1) is 5.41 Å². The fourth-order valence-electron chi connectivity index (χ4n) is 2.91. The van der Waals surface area contributed by atoms with Gasteiger partial charge in [-0.25, -0.2) is 4.68 Å². The number of nitrogens with one attached hydrogen (secondary N) is 2. The van der Waals surface area contributed by atoms with Crippen molar-refractivity contribution in [3.05, 3.63) is 41.2 Å². The van der Waals surface area contributed by atoms with Crippen LogP contribution in [0.4, 0.5) is 0 Å². The lowest BCUT2D eigenvalue weighted by molar-refractivity contribution is 0.0978. The minimum Gasteiger partial charge on any atom is -0.393 e. The smallest absolute Gasteiger partial charge is 0.165 e. The zero-order valence-electron chi connectivity index (χ0n) is 13.3. The van der Waals surface area contributed by atoms with Gasteiger partial charge in [0.1, 0.15) is 0 Å². The number of allylic oxidation sites excluding steroid dienone is 1. The Morgan fingerprint density at radius 2 is 2.26 bits per heavy atom. The van der Waals surface area contributed by atoms with E-state index in [1.807, 2.05) is 29.8 Å². The van der Waals surface area contributed by atoms with Gasteiger partial charge in [-0.2, -0.15) is 0 Å². The summed E-state index contributed by atoms with van der Waals surface area (Å²) in [5, 5.41) is 18.9. The summed E-state index contributed by atoms with van der Waals surface area (Å²) in [6, 6.07) is 5.74. The molecule has 6 nitrogen and oxygen atoms in total. The molecule has 1 aromatic heterocycles. The number of aromatic nitrogens is 3. The maximum absolute atomic E-state index is 12.5. The van der Waals surface area contributed by atoms with Crippen LogP contribution in [0.5, 0.6) is 0 Å². The van der Waals surface area contributed by atoms with Crippen molar-refractivity contribution in [3.8, 4) is 11.3 Å². The summed E-state index contributed by atoms with van der Waals surface area (Å²) in [6.45, 7) is 2.59. The van der Waals surface area contributed by atoms with Crippen molar-refractivity contribution in [1.82, 2.24) is 20.3 Å². The van der Waals surface area contributed by atoms with Crippen molar-refractivity contribution >= 4 is 17.6 Å². The molecule has 2 aromatic rings. The second kappa shape index (κ2) is 6.16. The largest absolute Gasteiger partial charge is 0.393 e. The Morgan fingerprint density at radius 1 is 1.43 bits per heavy atom. The fraction of sp³-hybridized carbons (Fsp3) is 0.294. The van der Waals surface area contributed by atoms with E-state index in [9.17, 15) is 4.79 Å². The third-order valence-corrected chi connectivity index (χ3v) is 4.05. The molecule has 0 saturated heterocycles. The molecule has 1 aromatic carbocycles. The fourth-order valence-corrected chi connectivity index (χ4v) is 2.91. The van der Waals surface area contributed by atoms with E-state index in [1.54, 1.807) is 13.2 Å². The molecular formula is C17H19N5O. The van der Waals surface area contributed by atoms with Crippen LogP contribution < -0.4 is 5.32 Å². The van der Waals surface area contributed by atoms with Crippen LogP contribution in [0.3, 0.4) is 0 Å². The highest BCUT2D eigenvalue weighted by Gasteiger charge is 2.24. The Balaban J connectivity index is 2.20. The molecule has 3 rings (SSSR count). The number of aryl methyl sites for hydroxylation is 2. The average molecular weight is 309 g/mol. The van der Waals surface area contributed by atoms with Gasteiger partial charge in [0.05, 0.1) is 17.9 Å². The van der Waals surface area contributed by atoms with Crippen molar-refractivity contribution < 1.29 is 4.79 Å². The number of carbonyl (C=O) groups is 1. The van der Waals surface area contributed by atoms with Crippen molar-refractivity contribution in [2.75, 3.05) is 7.05 Å². The summed E-state index contributed by atoms with van der Waals surface area (Å²) in [6.07, 6.45) is 4.21. The topological polar surface area (TPSA) is 83.7 Å². The Kier molecular flexibility index (Phi) is 4.06. The van der Waals surface area contributed by atoms with E-state index in [0.717, 1.165) is 34.5 Å². The van der Waals surface area contributed by atoms with Crippen molar-refractivity contribution in [2.45, 2.75) is 26.3 Å². The first-order valence-electron chi connectivity index (χ1n) is 7.67. The number of hydrogen-bond acceptors (Lipinski definition) is 5. The van der Waals surface area contributed by atoms with Crippen LogP contribution >= 0.6 is 0 Å². The van der Waals surface area contributed by atoms with Gasteiger partial charge in [-0.15, -0.1) is 5.10 Å². The van der Waals surface area contributed by atoms with Gasteiger partial charge in [0, 0.05) is 42.6 Å². The van der Waals surface area contributed by atoms with E-state index in [4.69, 9.17) is 5.41 Å². The lowest BCUT2D eigenvalue weighted by Gasteiger charge is -2.10. The Hall–Kier alpha value is -2.76. The molecule has 0 fully saturated rings. The van der Waals surface area contributed by atoms with E-state index in [0.29, 0.717) is 18.5 Å². The molecule has 0 unspecified atom stereocenters. The third-order valence-electron chi connectivity index (χ3n) is 4.05. The standard InChI is InChI=1S/C17H19N5O/c1-3-15-17-13-5-4-11(12(9-18)10-19-2)8-14(13)16(23)6-7-22(17)21-20-15/h4-5,8-10,18-19H,3,6-7H2,1-2H3/b12-10+,18-9?. The van der Waals surface area contributed by atoms with Gasteiger partial charge in [0.25, 0.3) is 0 Å². The highest BCUT2D eigenvalue weighted by atomic mass is 16.1. The number of carbonyl (C=O) groups excluding carboxylic acids is 1. The first-order chi connectivity index (χ1) is 11.2. The molecular weight excluding hydrogens is 290 g/mol. The molecule has 1 aliphatic rings. The van der Waals surface area contributed by atoms with Gasteiger partial charge in [-0.05, 0) is 18.1 Å². The molecule has 1 aliphatic heterocycles. The zero-order chi connectivity index (χ0) is 16.4. The molecule has 0 radical (unpaired) electrons. The highest BCUT2D eigenvalue weighted by molar-refractivity contribution is 6.10. The second-order valence-corrected chi connectivity index (χ2v) is 5.43. The van der Waals surface area contributed by atoms with Crippen LogP contribution in [-0.2, 0) is 13.0 Å². The lowest BCUT2D eigenvalue weighted by Crippen LogP contribution is -2.04. The first-order valence-corrected chi connectivity index (χ1v) is 7.67. The summed E-state index contributed by atoms with van der Waals surface area (Å²) in [5.74, 6) is 0.100. The molecule has 23 heavy (non-hydrogen) atoms. The van der Waals surface area contributed by atoms with E-state index in [2.05, 4.69) is 15.6 Å². The molecule has 0 atom stereocenters. The maximum Gasteiger partial charge on any atom is 0.165 e. The molecule has 2 N–H and O–H groups in total. The van der Waals surface area contributed by atoms with Gasteiger partial charge in [0.15, 0.2) is 5.78 Å². The number of rotatable bonds is 4. The molecule has 118 valence electrons. The van der Waals surface area contributed by atoms with Crippen LogP contribution in [0.1, 0.15) is 35.0 Å². The van der Waals surface area contributed by atoms with Gasteiger partial charge in [-0.3, -0.25) is 4.79 Å². The summed E-state index contributed by atoms with van der Waals surface area (Å²) >= 11 is 0. The van der Waals surface area contributed by atoms with Crippen LogP contribution in [-0.4, -0.2) is 34.0 Å². The summed E-state index contributed by atoms with van der Waals surface area (Å²) in [7, 11) is 1.79. The van der Waals surface area contributed by atoms with Crippen LogP contribution in [0.15, 0.2) is 24.4 Å². The summed E-state index contributed by atoms with van der Waals surface area (Å²) in [4.78, 5) is 12.5. The van der Waals surface area contributed by atoms with E-state index >= 15 is 0 Å². The molecule has 0 aliphatic carbocycles. The summed E-state index contributed by atoms with van der Waals surface area (Å²) < 4.78 is 1.82. The molecule has 6 heteroatoms. The maximum atomic E-state index is 12.5. The predicted octanol–water partition coefficient (Wildman–Crippen LogP) is 2.30. The Morgan fingerprint density at radius 3 is 2.96 bits per heavy atom. The van der Waals surface area contributed by atoms with E-state index in [-0.39, 0.29) is 5.78 Å². The monoisotopic (exact) mass is 309 g/mol. The van der Waals surface area contributed by atoms with Gasteiger partial charge >= 0.3 is 0 Å². The zero-order valence-corrected chi connectivity index (χ0v) is 13.3. The average Bonchev–Trinajstić information content (AvgIpc) is 2.94. The SMILES string of the molecule is CCc1nnn2c1-c1ccc(/C(C=N)=C/NC)cc1C(=O)CC2. The number of Topliss-reactive ketones (excluding diaryl/α,β-unsaturated/α-hetero) is 1. The minimum atomic E-state index is 0.100. The van der Waals surface area contributed by atoms with Crippen LogP contribution in [0.2, 0.25) is 0 Å².